The Morgan fingerprint density at radius 2 is 0.911 bits per heavy atom. The maximum absolute atomic E-state index is 13.7. The van der Waals surface area contributed by atoms with E-state index >= 15 is 0 Å². The van der Waals surface area contributed by atoms with Crippen molar-refractivity contribution in [3.63, 3.8) is 0 Å². The molecule has 0 amide bonds. The molecule has 0 aliphatic heterocycles. The standard InChI is InChI=1S/2C12H18F2NOSi.2C5H5.Ti/c2*1-16-8-7-15(17(2,3)4)12-6-5-10(13)9-11(12)14;2*1-2-4-5-3-1;/h2*5-6H,7-8H2,1-4H3;2*1-5H;/q4*-1;+4. The molecule has 4 aromatic carbocycles. The number of benzene rings is 2. The number of methoxy groups -OCH3 is 2. The molecule has 0 saturated carbocycles. The molecule has 0 aromatic heterocycles. The Morgan fingerprint density at radius 3 is 1.11 bits per heavy atom. The molecule has 0 radical (unpaired) electrons. The van der Waals surface area contributed by atoms with Crippen LogP contribution >= 0.6 is 0 Å². The van der Waals surface area contributed by atoms with Gasteiger partial charge in [0.05, 0.1) is 13.2 Å². The predicted octanol–water partition coefficient (Wildman–Crippen LogP) is 8.91. The van der Waals surface area contributed by atoms with Crippen LogP contribution in [-0.2, 0) is 31.2 Å². The van der Waals surface area contributed by atoms with Crippen LogP contribution < -0.4 is 9.13 Å². The number of hydrogen-bond acceptors (Lipinski definition) is 4. The fraction of sp³-hybridized carbons (Fsp3) is 0.353. The monoisotopic (exact) mass is 694 g/mol. The molecule has 0 spiro atoms. The summed E-state index contributed by atoms with van der Waals surface area (Å²) in [6.07, 6.45) is 0. The van der Waals surface area contributed by atoms with Crippen LogP contribution in [0.15, 0.2) is 84.9 Å². The molecule has 0 atom stereocenters. The molecular formula is C34H46F4N2O2Si2Ti. The van der Waals surface area contributed by atoms with Crippen molar-refractivity contribution >= 4 is 27.8 Å². The van der Waals surface area contributed by atoms with Gasteiger partial charge in [-0.05, 0) is 11.4 Å². The molecule has 4 rings (SSSR count). The molecule has 0 heterocycles. The second-order valence-electron chi connectivity index (χ2n) is 11.6. The second kappa shape index (κ2) is 22.1. The summed E-state index contributed by atoms with van der Waals surface area (Å²) in [6.45, 7) is 14.8. The largest absolute Gasteiger partial charge is 4.00 e. The summed E-state index contributed by atoms with van der Waals surface area (Å²) < 4.78 is 67.1. The van der Waals surface area contributed by atoms with Crippen molar-refractivity contribution in [3.8, 4) is 0 Å². The van der Waals surface area contributed by atoms with Crippen LogP contribution in [0.25, 0.3) is 0 Å². The van der Waals surface area contributed by atoms with Crippen LogP contribution in [0.4, 0.5) is 28.9 Å². The van der Waals surface area contributed by atoms with E-state index in [0.717, 1.165) is 0 Å². The third-order valence-corrected chi connectivity index (χ3v) is 10.2. The Morgan fingerprint density at radius 1 is 0.600 bits per heavy atom. The fourth-order valence-electron chi connectivity index (χ4n) is 3.93. The minimum Gasteiger partial charge on any atom is -0.447 e. The smallest absolute Gasteiger partial charge is 0.447 e. The molecule has 4 aromatic rings. The molecule has 45 heavy (non-hydrogen) atoms. The third kappa shape index (κ3) is 17.1. The molecule has 0 saturated heterocycles. The summed E-state index contributed by atoms with van der Waals surface area (Å²) in [5.41, 5.74) is 0.810. The summed E-state index contributed by atoms with van der Waals surface area (Å²) in [5.74, 6) is -2.62. The quantitative estimate of drug-likeness (QED) is 0.0941. The first-order valence-electron chi connectivity index (χ1n) is 14.3. The minimum atomic E-state index is -1.74. The van der Waals surface area contributed by atoms with Crippen LogP contribution in [0, 0.1) is 35.4 Å². The Labute approximate surface area is 284 Å². The average Bonchev–Trinajstić information content (AvgIpc) is 3.70. The molecule has 0 aliphatic carbocycles. The van der Waals surface area contributed by atoms with Gasteiger partial charge in [-0.25, -0.2) is 41.8 Å². The normalized spacial score (nSPS) is 10.6. The van der Waals surface area contributed by atoms with Gasteiger partial charge in [0, 0.05) is 50.6 Å². The fourth-order valence-corrected chi connectivity index (χ4v) is 7.24. The van der Waals surface area contributed by atoms with Gasteiger partial charge in [0.2, 0.25) is 0 Å². The van der Waals surface area contributed by atoms with E-state index in [0.29, 0.717) is 37.7 Å². The molecule has 0 fully saturated rings. The molecule has 0 aliphatic rings. The number of rotatable bonds is 10. The van der Waals surface area contributed by atoms with E-state index in [2.05, 4.69) is 51.4 Å². The molecule has 0 bridgehead atoms. The van der Waals surface area contributed by atoms with Crippen LogP contribution in [0.1, 0.15) is 0 Å². The van der Waals surface area contributed by atoms with Gasteiger partial charge in [0.25, 0.3) is 0 Å². The molecule has 0 N–H and O–H groups in total. The van der Waals surface area contributed by atoms with Crippen LogP contribution in [0.5, 0.6) is 0 Å². The van der Waals surface area contributed by atoms with Crippen molar-refractivity contribution in [2.45, 2.75) is 39.3 Å². The Kier molecular flexibility index (Phi) is 20.9. The number of nitrogens with zero attached hydrogens (tertiary/aromatic N) is 2. The van der Waals surface area contributed by atoms with Crippen molar-refractivity contribution in [3.05, 3.63) is 120 Å². The number of hydrogen-bond donors (Lipinski definition) is 0. The van der Waals surface area contributed by atoms with Crippen LogP contribution in [-0.4, -0.2) is 57.0 Å². The van der Waals surface area contributed by atoms with E-state index in [-0.39, 0.29) is 21.7 Å². The van der Waals surface area contributed by atoms with Crippen molar-refractivity contribution in [2.75, 3.05) is 49.7 Å². The van der Waals surface area contributed by atoms with Crippen molar-refractivity contribution in [2.24, 2.45) is 0 Å². The van der Waals surface area contributed by atoms with E-state index in [1.165, 1.54) is 24.3 Å². The SMILES string of the molecule is COCCN(c1ccc(F)[c-]c1F)[Si](C)(C)C.COCCN(c1ccc(F)[c-]c1F)[Si](C)(C)C.[Ti+4].c1cc[cH-]c1.c1cc[cH-]c1. The summed E-state index contributed by atoms with van der Waals surface area (Å²) in [7, 11) is -0.272. The van der Waals surface area contributed by atoms with E-state index in [9.17, 15) is 17.6 Å². The zero-order valence-electron chi connectivity index (χ0n) is 27.6. The van der Waals surface area contributed by atoms with Gasteiger partial charge in [0.1, 0.15) is 16.5 Å². The van der Waals surface area contributed by atoms with Gasteiger partial charge in [-0.15, -0.1) is 36.4 Å². The Balaban J connectivity index is 0.000000644. The van der Waals surface area contributed by atoms with Gasteiger partial charge < -0.3 is 18.6 Å². The van der Waals surface area contributed by atoms with Crippen molar-refractivity contribution in [1.29, 1.82) is 0 Å². The zero-order chi connectivity index (χ0) is 33.2. The molecule has 11 heteroatoms. The first-order valence-corrected chi connectivity index (χ1v) is 21.2. The van der Waals surface area contributed by atoms with Gasteiger partial charge in [-0.3, -0.25) is 0 Å². The molecular weight excluding hydrogens is 648 g/mol. The number of anilines is 2. The van der Waals surface area contributed by atoms with E-state index in [4.69, 9.17) is 9.47 Å². The molecule has 0 unspecified atom stereocenters. The first kappa shape index (κ1) is 42.5. The first-order chi connectivity index (χ1) is 20.7. The topological polar surface area (TPSA) is 24.9 Å². The third-order valence-electron chi connectivity index (χ3n) is 6.03. The van der Waals surface area contributed by atoms with Crippen molar-refractivity contribution in [1.82, 2.24) is 0 Å². The zero-order valence-corrected chi connectivity index (χ0v) is 31.2. The second-order valence-corrected chi connectivity index (χ2v) is 21.3. The van der Waals surface area contributed by atoms with Gasteiger partial charge in [-0.1, -0.05) is 39.3 Å². The Bertz CT molecular complexity index is 1150. The predicted molar refractivity (Wildman–Crippen MR) is 180 cm³/mol. The summed E-state index contributed by atoms with van der Waals surface area (Å²) >= 11 is 0. The van der Waals surface area contributed by atoms with Gasteiger partial charge >= 0.3 is 21.7 Å². The maximum atomic E-state index is 13.7. The average molecular weight is 695 g/mol. The van der Waals surface area contributed by atoms with Crippen LogP contribution in [0.2, 0.25) is 39.3 Å². The molecule has 244 valence electrons. The van der Waals surface area contributed by atoms with E-state index in [1.54, 1.807) is 14.2 Å². The van der Waals surface area contributed by atoms with E-state index in [1.807, 2.05) is 69.8 Å². The Hall–Kier alpha value is -2.47. The number of halogens is 4. The number of ether oxygens (including phenoxy) is 2. The summed E-state index contributed by atoms with van der Waals surface area (Å²) in [6, 6.07) is 29.6. The molecule has 4 nitrogen and oxygen atoms in total. The van der Waals surface area contributed by atoms with E-state index < -0.39 is 39.7 Å². The van der Waals surface area contributed by atoms with Gasteiger partial charge in [-0.2, -0.15) is 36.4 Å². The summed E-state index contributed by atoms with van der Waals surface area (Å²) in [4.78, 5) is 0. The summed E-state index contributed by atoms with van der Waals surface area (Å²) in [5, 5.41) is 0. The van der Waals surface area contributed by atoms with Crippen LogP contribution in [0.3, 0.4) is 0 Å². The minimum absolute atomic E-state index is 0. The maximum Gasteiger partial charge on any atom is 4.00 e. The van der Waals surface area contributed by atoms with Crippen molar-refractivity contribution < 1.29 is 48.8 Å². The van der Waals surface area contributed by atoms with Gasteiger partial charge in [0.15, 0.2) is 0 Å².